The van der Waals surface area contributed by atoms with Crippen molar-refractivity contribution in [3.8, 4) is 11.6 Å². The number of aliphatic hydroxyl groups is 1. The summed E-state index contributed by atoms with van der Waals surface area (Å²) in [6.45, 7) is 0.125. The zero-order valence-electron chi connectivity index (χ0n) is 8.42. The van der Waals surface area contributed by atoms with Crippen molar-refractivity contribution >= 4 is 0 Å². The lowest BCUT2D eigenvalue weighted by atomic mass is 10.3. The van der Waals surface area contributed by atoms with Gasteiger partial charge in [0.05, 0.1) is 0 Å². The fourth-order valence-electron chi connectivity index (χ4n) is 1.26. The van der Waals surface area contributed by atoms with E-state index in [-0.39, 0.29) is 6.61 Å². The summed E-state index contributed by atoms with van der Waals surface area (Å²) in [5.41, 5.74) is 0. The molecular weight excluding hydrogens is 196 g/mol. The van der Waals surface area contributed by atoms with Gasteiger partial charge in [-0.25, -0.2) is 4.98 Å². The van der Waals surface area contributed by atoms with Crippen molar-refractivity contribution < 1.29 is 9.63 Å². The fraction of sp³-hybridized carbons (Fsp3) is 0.444. The molecule has 2 aromatic heterocycles. The number of rotatable bonds is 4. The fourth-order valence-corrected chi connectivity index (χ4v) is 1.26. The van der Waals surface area contributed by atoms with Crippen molar-refractivity contribution in [3.63, 3.8) is 0 Å². The van der Waals surface area contributed by atoms with Crippen LogP contribution in [0.25, 0.3) is 11.6 Å². The molecule has 2 aromatic rings. The molecule has 0 aromatic carbocycles. The van der Waals surface area contributed by atoms with Crippen LogP contribution in [0.1, 0.15) is 12.3 Å². The van der Waals surface area contributed by atoms with Crippen molar-refractivity contribution in [1.29, 1.82) is 0 Å². The highest BCUT2D eigenvalue weighted by Gasteiger charge is 2.11. The molecule has 0 aliphatic heterocycles. The Hall–Kier alpha value is -1.69. The molecule has 0 radical (unpaired) electrons. The molecule has 0 saturated carbocycles. The maximum atomic E-state index is 8.66. The molecule has 1 N–H and O–H groups in total. The normalized spacial score (nSPS) is 10.8. The van der Waals surface area contributed by atoms with E-state index in [2.05, 4.69) is 15.1 Å². The van der Waals surface area contributed by atoms with Crippen LogP contribution in [0.2, 0.25) is 0 Å². The van der Waals surface area contributed by atoms with Gasteiger partial charge in [-0.1, -0.05) is 5.16 Å². The number of aliphatic hydroxyl groups excluding tert-OH is 1. The number of hydrogen-bond acceptors (Lipinski definition) is 5. The van der Waals surface area contributed by atoms with E-state index in [4.69, 9.17) is 9.63 Å². The highest BCUT2D eigenvalue weighted by molar-refractivity contribution is 5.42. The first kappa shape index (κ1) is 9.85. The van der Waals surface area contributed by atoms with Gasteiger partial charge in [0.1, 0.15) is 0 Å². The van der Waals surface area contributed by atoms with Crippen LogP contribution in [0.5, 0.6) is 0 Å². The number of imidazole rings is 1. The van der Waals surface area contributed by atoms with Crippen LogP contribution >= 0.6 is 0 Å². The maximum Gasteiger partial charge on any atom is 0.238 e. The molecule has 0 bridgehead atoms. The summed E-state index contributed by atoms with van der Waals surface area (Å²) in [6.07, 6.45) is 4.72. The minimum atomic E-state index is 0.125. The Morgan fingerprint density at radius 2 is 2.40 bits per heavy atom. The van der Waals surface area contributed by atoms with Crippen molar-refractivity contribution in [3.05, 3.63) is 18.3 Å². The Labute approximate surface area is 86.6 Å². The van der Waals surface area contributed by atoms with Gasteiger partial charge >= 0.3 is 0 Å². The molecule has 0 unspecified atom stereocenters. The third-order valence-electron chi connectivity index (χ3n) is 2.04. The van der Waals surface area contributed by atoms with E-state index in [1.165, 1.54) is 0 Å². The standard InChI is InChI=1S/C9H12N4O2/c1-13-5-4-10-9(13)8-11-7(15-12-8)3-2-6-14/h4-5,14H,2-3,6H2,1H3. The van der Waals surface area contributed by atoms with Crippen molar-refractivity contribution in [2.45, 2.75) is 12.8 Å². The molecule has 0 aliphatic rings. The summed E-state index contributed by atoms with van der Waals surface area (Å²) in [4.78, 5) is 8.29. The lowest BCUT2D eigenvalue weighted by Gasteiger charge is -1.92. The second kappa shape index (κ2) is 4.22. The molecule has 0 fully saturated rings. The van der Waals surface area contributed by atoms with Crippen LogP contribution in [-0.4, -0.2) is 31.4 Å². The van der Waals surface area contributed by atoms with Gasteiger partial charge in [0.2, 0.25) is 11.7 Å². The third kappa shape index (κ3) is 2.04. The molecule has 0 atom stereocenters. The second-order valence-corrected chi connectivity index (χ2v) is 3.20. The predicted molar refractivity (Wildman–Crippen MR) is 51.9 cm³/mol. The Bertz CT molecular complexity index is 435. The Balaban J connectivity index is 2.17. The minimum Gasteiger partial charge on any atom is -0.396 e. The van der Waals surface area contributed by atoms with Crippen molar-refractivity contribution in [2.24, 2.45) is 7.05 Å². The first-order chi connectivity index (χ1) is 7.31. The molecule has 2 rings (SSSR count). The largest absolute Gasteiger partial charge is 0.396 e. The van der Waals surface area contributed by atoms with Crippen LogP contribution in [0.3, 0.4) is 0 Å². The van der Waals surface area contributed by atoms with Gasteiger partial charge in [-0.05, 0) is 6.42 Å². The molecule has 15 heavy (non-hydrogen) atoms. The summed E-state index contributed by atoms with van der Waals surface area (Å²) in [5.74, 6) is 1.69. The zero-order valence-corrected chi connectivity index (χ0v) is 8.42. The molecule has 2 heterocycles. The van der Waals surface area contributed by atoms with Gasteiger partial charge in [-0.15, -0.1) is 0 Å². The molecule has 0 spiro atoms. The van der Waals surface area contributed by atoms with E-state index in [1.807, 2.05) is 17.8 Å². The number of nitrogens with zero attached hydrogens (tertiary/aromatic N) is 4. The third-order valence-corrected chi connectivity index (χ3v) is 2.04. The number of aryl methyl sites for hydroxylation is 2. The van der Waals surface area contributed by atoms with Crippen molar-refractivity contribution in [2.75, 3.05) is 6.61 Å². The van der Waals surface area contributed by atoms with E-state index >= 15 is 0 Å². The van der Waals surface area contributed by atoms with Crippen LogP contribution < -0.4 is 0 Å². The summed E-state index contributed by atoms with van der Waals surface area (Å²) in [5, 5.41) is 12.5. The van der Waals surface area contributed by atoms with E-state index in [9.17, 15) is 0 Å². The Kier molecular flexibility index (Phi) is 2.77. The first-order valence-corrected chi connectivity index (χ1v) is 4.72. The molecule has 0 amide bonds. The van der Waals surface area contributed by atoms with Crippen LogP contribution in [0, 0.1) is 0 Å². The number of hydrogen-bond donors (Lipinski definition) is 1. The van der Waals surface area contributed by atoms with E-state index in [1.54, 1.807) is 6.20 Å². The van der Waals surface area contributed by atoms with Crippen LogP contribution in [0.4, 0.5) is 0 Å². The van der Waals surface area contributed by atoms with E-state index in [0.717, 1.165) is 0 Å². The SMILES string of the molecule is Cn1ccnc1-c1noc(CCCO)n1. The Morgan fingerprint density at radius 3 is 3.07 bits per heavy atom. The predicted octanol–water partition coefficient (Wildman–Crippen LogP) is 0.395. The average molecular weight is 208 g/mol. The van der Waals surface area contributed by atoms with E-state index in [0.29, 0.717) is 30.4 Å². The quantitative estimate of drug-likeness (QED) is 0.786. The molecule has 6 nitrogen and oxygen atoms in total. The molecular formula is C9H12N4O2. The highest BCUT2D eigenvalue weighted by Crippen LogP contribution is 2.12. The monoisotopic (exact) mass is 208 g/mol. The lowest BCUT2D eigenvalue weighted by molar-refractivity contribution is 0.278. The second-order valence-electron chi connectivity index (χ2n) is 3.20. The van der Waals surface area contributed by atoms with Gasteiger partial charge in [-0.2, -0.15) is 4.98 Å². The smallest absolute Gasteiger partial charge is 0.238 e. The average Bonchev–Trinajstić information content (AvgIpc) is 2.83. The van der Waals surface area contributed by atoms with Gasteiger partial charge in [0, 0.05) is 32.5 Å². The van der Waals surface area contributed by atoms with Gasteiger partial charge in [0.25, 0.3) is 0 Å². The van der Waals surface area contributed by atoms with Crippen LogP contribution in [-0.2, 0) is 13.5 Å². The van der Waals surface area contributed by atoms with Gasteiger partial charge in [-0.3, -0.25) is 0 Å². The molecule has 6 heteroatoms. The molecule has 80 valence electrons. The maximum absolute atomic E-state index is 8.66. The number of aromatic nitrogens is 4. The topological polar surface area (TPSA) is 77.0 Å². The van der Waals surface area contributed by atoms with Crippen molar-refractivity contribution in [1.82, 2.24) is 19.7 Å². The lowest BCUT2D eigenvalue weighted by Crippen LogP contribution is -1.93. The van der Waals surface area contributed by atoms with Gasteiger partial charge in [0.15, 0.2) is 5.82 Å². The molecule has 0 aliphatic carbocycles. The summed E-state index contributed by atoms with van der Waals surface area (Å²) < 4.78 is 6.84. The zero-order chi connectivity index (χ0) is 10.7. The first-order valence-electron chi connectivity index (χ1n) is 4.72. The highest BCUT2D eigenvalue weighted by atomic mass is 16.5. The van der Waals surface area contributed by atoms with Gasteiger partial charge < -0.3 is 14.2 Å². The summed E-state index contributed by atoms with van der Waals surface area (Å²) in [6, 6.07) is 0. The summed E-state index contributed by atoms with van der Waals surface area (Å²) in [7, 11) is 1.87. The molecule has 0 saturated heterocycles. The van der Waals surface area contributed by atoms with E-state index < -0.39 is 0 Å². The minimum absolute atomic E-state index is 0.125. The Morgan fingerprint density at radius 1 is 1.53 bits per heavy atom. The van der Waals surface area contributed by atoms with Crippen LogP contribution in [0.15, 0.2) is 16.9 Å². The summed E-state index contributed by atoms with van der Waals surface area (Å²) >= 11 is 0.